The Balaban J connectivity index is 2.86. The van der Waals surface area contributed by atoms with E-state index in [0.29, 0.717) is 5.92 Å². The van der Waals surface area contributed by atoms with Gasteiger partial charge in [-0.2, -0.15) is 0 Å². The summed E-state index contributed by atoms with van der Waals surface area (Å²) in [5.41, 5.74) is 3.19. The van der Waals surface area contributed by atoms with Crippen molar-refractivity contribution in [2.24, 2.45) is 0 Å². The number of rotatable bonds is 1. The average Bonchev–Trinajstić information content (AvgIpc) is 2.22. The Morgan fingerprint density at radius 1 is 1.31 bits per heavy atom. The molecule has 2 aromatic rings. The first-order chi connectivity index (χ1) is 7.50. The van der Waals surface area contributed by atoms with Gasteiger partial charge in [0.1, 0.15) is 0 Å². The fourth-order valence-corrected chi connectivity index (χ4v) is 2.65. The molecule has 0 aliphatic heterocycles. The van der Waals surface area contributed by atoms with E-state index in [-0.39, 0.29) is 0 Å². The molecule has 0 aliphatic rings. The lowest BCUT2D eigenvalue weighted by molar-refractivity contribution is 0.829. The summed E-state index contributed by atoms with van der Waals surface area (Å²) in [7, 11) is 0. The number of aryl methyl sites for hydroxylation is 1. The number of fused-ring (bicyclic) bond motifs is 1. The van der Waals surface area contributed by atoms with Gasteiger partial charge >= 0.3 is 0 Å². The Kier molecular flexibility index (Phi) is 3.22. The molecule has 3 heteroatoms. The highest BCUT2D eigenvalue weighted by Crippen LogP contribution is 2.33. The number of aromatic nitrogens is 1. The van der Waals surface area contributed by atoms with E-state index >= 15 is 0 Å². The zero-order valence-corrected chi connectivity index (χ0v) is 11.9. The fourth-order valence-electron chi connectivity index (χ4n) is 1.70. The molecule has 0 amide bonds. The smallest absolute Gasteiger partial charge is 0.0760 e. The van der Waals surface area contributed by atoms with Gasteiger partial charge in [0.25, 0.3) is 0 Å². The summed E-state index contributed by atoms with van der Waals surface area (Å²) in [4.78, 5) is 4.68. The van der Waals surface area contributed by atoms with Crippen molar-refractivity contribution < 1.29 is 0 Å². The Morgan fingerprint density at radius 3 is 2.62 bits per heavy atom. The van der Waals surface area contributed by atoms with Gasteiger partial charge in [0.2, 0.25) is 0 Å². The van der Waals surface area contributed by atoms with Crippen molar-refractivity contribution in [3.05, 3.63) is 39.0 Å². The van der Waals surface area contributed by atoms with Crippen LogP contribution in [-0.2, 0) is 0 Å². The molecule has 0 radical (unpaired) electrons. The van der Waals surface area contributed by atoms with Crippen LogP contribution >= 0.6 is 27.5 Å². The first-order valence-corrected chi connectivity index (χ1v) is 6.43. The summed E-state index contributed by atoms with van der Waals surface area (Å²) in [6.07, 6.45) is 0. The topological polar surface area (TPSA) is 12.9 Å². The van der Waals surface area contributed by atoms with Crippen LogP contribution in [0.1, 0.15) is 31.0 Å². The number of pyridine rings is 1. The Labute approximate surface area is 109 Å². The zero-order chi connectivity index (χ0) is 11.9. The predicted molar refractivity (Wildman–Crippen MR) is 73.3 cm³/mol. The van der Waals surface area contributed by atoms with Gasteiger partial charge in [-0.25, -0.2) is 0 Å². The molecule has 0 saturated carbocycles. The maximum Gasteiger partial charge on any atom is 0.0760 e. The van der Waals surface area contributed by atoms with Gasteiger partial charge < -0.3 is 0 Å². The highest BCUT2D eigenvalue weighted by atomic mass is 79.9. The molecule has 0 atom stereocenters. The molecule has 0 aliphatic carbocycles. The molecule has 1 aromatic carbocycles. The second-order valence-electron chi connectivity index (χ2n) is 4.27. The van der Waals surface area contributed by atoms with Crippen LogP contribution in [0.5, 0.6) is 0 Å². The molecule has 0 N–H and O–H groups in total. The van der Waals surface area contributed by atoms with Crippen LogP contribution in [0.4, 0.5) is 0 Å². The summed E-state index contributed by atoms with van der Waals surface area (Å²) < 4.78 is 1.00. The van der Waals surface area contributed by atoms with E-state index in [1.54, 1.807) is 0 Å². The van der Waals surface area contributed by atoms with E-state index in [9.17, 15) is 0 Å². The lowest BCUT2D eigenvalue weighted by Crippen LogP contribution is -1.95. The van der Waals surface area contributed by atoms with E-state index in [1.807, 2.05) is 12.1 Å². The van der Waals surface area contributed by atoms with Crippen molar-refractivity contribution in [2.45, 2.75) is 26.7 Å². The molecular weight excluding hydrogens is 286 g/mol. The van der Waals surface area contributed by atoms with Gasteiger partial charge in [0.15, 0.2) is 0 Å². The summed E-state index contributed by atoms with van der Waals surface area (Å²) in [6.45, 7) is 6.30. The third-order valence-electron chi connectivity index (χ3n) is 2.67. The first kappa shape index (κ1) is 11.9. The van der Waals surface area contributed by atoms with Crippen LogP contribution in [0.3, 0.4) is 0 Å². The minimum Gasteiger partial charge on any atom is -0.252 e. The third-order valence-corrected chi connectivity index (χ3v) is 3.63. The Bertz CT molecular complexity index is 549. The zero-order valence-electron chi connectivity index (χ0n) is 9.51. The fraction of sp³-hybridized carbons (Fsp3) is 0.308. The second-order valence-corrected chi connectivity index (χ2v) is 5.53. The number of hydrogen-bond acceptors (Lipinski definition) is 1. The molecule has 84 valence electrons. The third kappa shape index (κ3) is 1.96. The van der Waals surface area contributed by atoms with Crippen molar-refractivity contribution in [2.75, 3.05) is 0 Å². The monoisotopic (exact) mass is 297 g/mol. The largest absolute Gasteiger partial charge is 0.252 e. The van der Waals surface area contributed by atoms with Gasteiger partial charge in [0, 0.05) is 15.6 Å². The van der Waals surface area contributed by atoms with Crippen LogP contribution in [-0.4, -0.2) is 4.98 Å². The van der Waals surface area contributed by atoms with Gasteiger partial charge in [-0.15, -0.1) is 0 Å². The van der Waals surface area contributed by atoms with Gasteiger partial charge in [0.05, 0.1) is 10.5 Å². The summed E-state index contributed by atoms with van der Waals surface area (Å²) >= 11 is 9.83. The minimum absolute atomic E-state index is 0.389. The highest BCUT2D eigenvalue weighted by Gasteiger charge is 2.11. The molecule has 2 rings (SSSR count). The van der Waals surface area contributed by atoms with Gasteiger partial charge in [-0.3, -0.25) is 4.98 Å². The van der Waals surface area contributed by atoms with E-state index in [0.717, 1.165) is 31.7 Å². The molecule has 0 saturated heterocycles. The normalized spacial score (nSPS) is 11.4. The maximum absolute atomic E-state index is 6.31. The van der Waals surface area contributed by atoms with Crippen molar-refractivity contribution in [1.29, 1.82) is 0 Å². The molecular formula is C13H13BrClN. The summed E-state index contributed by atoms with van der Waals surface area (Å²) in [6, 6.07) is 6.03. The van der Waals surface area contributed by atoms with Crippen LogP contribution < -0.4 is 0 Å². The summed E-state index contributed by atoms with van der Waals surface area (Å²) in [5.74, 6) is 0.389. The standard InChI is InChI=1S/C13H13BrClN/c1-7(2)11-6-10(15)12-9(14)5-4-8(3)13(12)16-11/h4-7H,1-3H3. The van der Waals surface area contributed by atoms with Crippen LogP contribution in [0.25, 0.3) is 10.9 Å². The Morgan fingerprint density at radius 2 is 2.00 bits per heavy atom. The van der Waals surface area contributed by atoms with Crippen LogP contribution in [0, 0.1) is 6.92 Å². The first-order valence-electron chi connectivity index (χ1n) is 5.26. The average molecular weight is 299 g/mol. The van der Waals surface area contributed by atoms with E-state index < -0.39 is 0 Å². The van der Waals surface area contributed by atoms with E-state index in [2.05, 4.69) is 47.8 Å². The number of benzene rings is 1. The van der Waals surface area contributed by atoms with Crippen molar-refractivity contribution in [3.63, 3.8) is 0 Å². The minimum atomic E-state index is 0.389. The molecule has 0 fully saturated rings. The number of nitrogens with zero attached hydrogens (tertiary/aromatic N) is 1. The van der Waals surface area contributed by atoms with E-state index in [1.165, 1.54) is 0 Å². The SMILES string of the molecule is Cc1ccc(Br)c2c(Cl)cc(C(C)C)nc12. The van der Waals surface area contributed by atoms with Crippen molar-refractivity contribution in [3.8, 4) is 0 Å². The molecule has 1 heterocycles. The number of hydrogen-bond donors (Lipinski definition) is 0. The maximum atomic E-state index is 6.31. The highest BCUT2D eigenvalue weighted by molar-refractivity contribution is 9.10. The van der Waals surface area contributed by atoms with Crippen LogP contribution in [0.15, 0.2) is 22.7 Å². The quantitative estimate of drug-likeness (QED) is 0.715. The van der Waals surface area contributed by atoms with Gasteiger partial charge in [-0.1, -0.05) is 47.4 Å². The summed E-state index contributed by atoms with van der Waals surface area (Å²) in [5, 5.41) is 1.77. The predicted octanol–water partition coefficient (Wildman–Crippen LogP) is 5.08. The molecule has 1 nitrogen and oxygen atoms in total. The molecule has 0 bridgehead atoms. The molecule has 0 spiro atoms. The molecule has 1 aromatic heterocycles. The van der Waals surface area contributed by atoms with Crippen molar-refractivity contribution >= 4 is 38.4 Å². The second kappa shape index (κ2) is 4.34. The van der Waals surface area contributed by atoms with Crippen molar-refractivity contribution in [1.82, 2.24) is 4.98 Å². The van der Waals surface area contributed by atoms with Crippen LogP contribution in [0.2, 0.25) is 5.02 Å². The van der Waals surface area contributed by atoms with Gasteiger partial charge in [-0.05, 0) is 30.5 Å². The number of halogens is 2. The van der Waals surface area contributed by atoms with E-state index in [4.69, 9.17) is 11.6 Å². The molecule has 0 unspecified atom stereocenters. The lowest BCUT2D eigenvalue weighted by atomic mass is 10.1. The Hall–Kier alpha value is -0.600. The lowest BCUT2D eigenvalue weighted by Gasteiger charge is -2.10. The molecule has 16 heavy (non-hydrogen) atoms.